The highest BCUT2D eigenvalue weighted by molar-refractivity contribution is 6.34. The summed E-state index contributed by atoms with van der Waals surface area (Å²) < 4.78 is 13.5. The molecule has 2 nitrogen and oxygen atoms in total. The topological polar surface area (TPSA) is 38.0 Å². The molecular formula is C13H10Cl3FN2. The molecule has 0 fully saturated rings. The van der Waals surface area contributed by atoms with Crippen molar-refractivity contribution in [3.8, 4) is 0 Å². The molecule has 0 saturated heterocycles. The lowest BCUT2D eigenvalue weighted by molar-refractivity contribution is 0.606. The molecule has 0 aliphatic carbocycles. The van der Waals surface area contributed by atoms with Crippen molar-refractivity contribution in [3.05, 3.63) is 68.4 Å². The van der Waals surface area contributed by atoms with Gasteiger partial charge in [-0.1, -0.05) is 46.9 Å². The van der Waals surface area contributed by atoms with E-state index in [1.54, 1.807) is 30.3 Å². The SMILES string of the molecule is NNC(c1cc(Cl)ccc1Cl)c1cccc(F)c1Cl. The molecule has 0 amide bonds. The Morgan fingerprint density at radius 1 is 1.05 bits per heavy atom. The molecule has 2 aromatic carbocycles. The number of hydrogen-bond donors (Lipinski definition) is 2. The van der Waals surface area contributed by atoms with Gasteiger partial charge in [0.25, 0.3) is 0 Å². The number of hydrazine groups is 1. The molecule has 1 atom stereocenters. The average Bonchev–Trinajstić information content (AvgIpc) is 2.39. The first kappa shape index (κ1) is 14.6. The van der Waals surface area contributed by atoms with Crippen LogP contribution in [0.5, 0.6) is 0 Å². The van der Waals surface area contributed by atoms with Crippen molar-refractivity contribution in [1.82, 2.24) is 5.43 Å². The second-order valence-corrected chi connectivity index (χ2v) is 5.13. The molecule has 0 aliphatic rings. The van der Waals surface area contributed by atoms with E-state index in [9.17, 15) is 4.39 Å². The van der Waals surface area contributed by atoms with Gasteiger partial charge in [-0.05, 0) is 35.4 Å². The standard InChI is InChI=1S/C13H10Cl3FN2/c14-7-4-5-10(15)9(6-7)13(19-18)8-2-1-3-11(17)12(8)16/h1-6,13,19H,18H2. The zero-order chi connectivity index (χ0) is 14.0. The van der Waals surface area contributed by atoms with Crippen LogP contribution in [-0.4, -0.2) is 0 Å². The largest absolute Gasteiger partial charge is 0.271 e. The Kier molecular flexibility index (Phi) is 4.66. The number of rotatable bonds is 3. The maximum atomic E-state index is 13.5. The number of nitrogens with one attached hydrogen (secondary N) is 1. The molecule has 0 aliphatic heterocycles. The van der Waals surface area contributed by atoms with Crippen molar-refractivity contribution >= 4 is 34.8 Å². The molecule has 1 unspecified atom stereocenters. The third-order valence-corrected chi connectivity index (χ3v) is 3.71. The van der Waals surface area contributed by atoms with Gasteiger partial charge >= 0.3 is 0 Å². The summed E-state index contributed by atoms with van der Waals surface area (Å²) in [6.07, 6.45) is 0. The van der Waals surface area contributed by atoms with Crippen molar-refractivity contribution in [2.24, 2.45) is 5.84 Å². The van der Waals surface area contributed by atoms with Gasteiger partial charge in [-0.15, -0.1) is 0 Å². The van der Waals surface area contributed by atoms with Crippen LogP contribution in [0.25, 0.3) is 0 Å². The van der Waals surface area contributed by atoms with Crippen LogP contribution in [0.4, 0.5) is 4.39 Å². The van der Waals surface area contributed by atoms with E-state index in [1.807, 2.05) is 0 Å². The maximum absolute atomic E-state index is 13.5. The molecule has 0 bridgehead atoms. The molecule has 100 valence electrons. The van der Waals surface area contributed by atoms with Gasteiger partial charge in [-0.2, -0.15) is 0 Å². The van der Waals surface area contributed by atoms with E-state index in [2.05, 4.69) is 5.43 Å². The zero-order valence-corrected chi connectivity index (χ0v) is 11.9. The van der Waals surface area contributed by atoms with Gasteiger partial charge < -0.3 is 0 Å². The van der Waals surface area contributed by atoms with Crippen LogP contribution in [0.1, 0.15) is 17.2 Å². The van der Waals surface area contributed by atoms with Crippen LogP contribution in [0.15, 0.2) is 36.4 Å². The van der Waals surface area contributed by atoms with Crippen molar-refractivity contribution < 1.29 is 4.39 Å². The smallest absolute Gasteiger partial charge is 0.142 e. The summed E-state index contributed by atoms with van der Waals surface area (Å²) in [5.41, 5.74) is 3.70. The van der Waals surface area contributed by atoms with Gasteiger partial charge in [-0.3, -0.25) is 5.84 Å². The van der Waals surface area contributed by atoms with Gasteiger partial charge in [0.2, 0.25) is 0 Å². The van der Waals surface area contributed by atoms with Gasteiger partial charge in [0.15, 0.2) is 0 Å². The minimum Gasteiger partial charge on any atom is -0.271 e. The molecule has 2 rings (SSSR count). The number of hydrogen-bond acceptors (Lipinski definition) is 2. The van der Waals surface area contributed by atoms with E-state index in [4.69, 9.17) is 40.6 Å². The minimum absolute atomic E-state index is 0.00138. The predicted molar refractivity (Wildman–Crippen MR) is 77.0 cm³/mol. The maximum Gasteiger partial charge on any atom is 0.142 e. The molecule has 0 aromatic heterocycles. The van der Waals surface area contributed by atoms with Gasteiger partial charge in [0.05, 0.1) is 11.1 Å². The Bertz CT molecular complexity index is 602. The lowest BCUT2D eigenvalue weighted by atomic mass is 9.99. The molecule has 3 N–H and O–H groups in total. The van der Waals surface area contributed by atoms with E-state index in [1.165, 1.54) is 6.07 Å². The normalized spacial score (nSPS) is 12.5. The number of halogens is 4. The van der Waals surface area contributed by atoms with E-state index < -0.39 is 11.9 Å². The molecule has 0 heterocycles. The van der Waals surface area contributed by atoms with Crippen LogP contribution in [-0.2, 0) is 0 Å². The summed E-state index contributed by atoms with van der Waals surface area (Å²) in [7, 11) is 0. The van der Waals surface area contributed by atoms with Crippen LogP contribution in [0, 0.1) is 5.82 Å². The fourth-order valence-electron chi connectivity index (χ4n) is 1.83. The van der Waals surface area contributed by atoms with E-state index in [-0.39, 0.29) is 5.02 Å². The molecule has 0 spiro atoms. The lowest BCUT2D eigenvalue weighted by Gasteiger charge is -2.19. The van der Waals surface area contributed by atoms with Crippen molar-refractivity contribution in [1.29, 1.82) is 0 Å². The summed E-state index contributed by atoms with van der Waals surface area (Å²) in [4.78, 5) is 0. The van der Waals surface area contributed by atoms with Crippen LogP contribution in [0.3, 0.4) is 0 Å². The van der Waals surface area contributed by atoms with Crippen LogP contribution >= 0.6 is 34.8 Å². The summed E-state index contributed by atoms with van der Waals surface area (Å²) in [6, 6.07) is 8.93. The number of nitrogens with two attached hydrogens (primary N) is 1. The zero-order valence-electron chi connectivity index (χ0n) is 9.63. The first-order valence-corrected chi connectivity index (χ1v) is 6.53. The molecule has 6 heteroatoms. The molecule has 2 aromatic rings. The van der Waals surface area contributed by atoms with Gasteiger partial charge in [-0.25, -0.2) is 9.82 Å². The molecule has 0 radical (unpaired) electrons. The third-order valence-electron chi connectivity index (χ3n) is 2.73. The van der Waals surface area contributed by atoms with Crippen molar-refractivity contribution in [3.63, 3.8) is 0 Å². The summed E-state index contributed by atoms with van der Waals surface area (Å²) >= 11 is 18.0. The Morgan fingerprint density at radius 3 is 2.47 bits per heavy atom. The Labute approximate surface area is 125 Å². The Balaban J connectivity index is 2.56. The van der Waals surface area contributed by atoms with Crippen molar-refractivity contribution in [2.45, 2.75) is 6.04 Å². The van der Waals surface area contributed by atoms with E-state index >= 15 is 0 Å². The summed E-state index contributed by atoms with van der Waals surface area (Å²) in [5, 5.41) is 0.973. The second kappa shape index (κ2) is 6.07. The molecular weight excluding hydrogens is 310 g/mol. The van der Waals surface area contributed by atoms with Gasteiger partial charge in [0.1, 0.15) is 5.82 Å². The monoisotopic (exact) mass is 318 g/mol. The first-order chi connectivity index (χ1) is 9.04. The van der Waals surface area contributed by atoms with Gasteiger partial charge in [0, 0.05) is 10.0 Å². The third kappa shape index (κ3) is 3.02. The molecule has 19 heavy (non-hydrogen) atoms. The summed E-state index contributed by atoms with van der Waals surface area (Å²) in [6.45, 7) is 0. The highest BCUT2D eigenvalue weighted by Crippen LogP contribution is 2.34. The van der Waals surface area contributed by atoms with Crippen molar-refractivity contribution in [2.75, 3.05) is 0 Å². The fourth-order valence-corrected chi connectivity index (χ4v) is 2.47. The highest BCUT2D eigenvalue weighted by Gasteiger charge is 2.20. The van der Waals surface area contributed by atoms with Crippen LogP contribution in [0.2, 0.25) is 15.1 Å². The Hall–Kier alpha value is -0.840. The second-order valence-electron chi connectivity index (χ2n) is 3.91. The quantitative estimate of drug-likeness (QED) is 0.652. The first-order valence-electron chi connectivity index (χ1n) is 5.39. The minimum atomic E-state index is -0.547. The lowest BCUT2D eigenvalue weighted by Crippen LogP contribution is -2.29. The van der Waals surface area contributed by atoms with Crippen LogP contribution < -0.4 is 11.3 Å². The molecule has 0 saturated carbocycles. The van der Waals surface area contributed by atoms with E-state index in [0.29, 0.717) is 21.2 Å². The highest BCUT2D eigenvalue weighted by atomic mass is 35.5. The average molecular weight is 320 g/mol. The fraction of sp³-hybridized carbons (Fsp3) is 0.0769. The predicted octanol–water partition coefficient (Wildman–Crippen LogP) is 4.34. The summed E-state index contributed by atoms with van der Waals surface area (Å²) in [5.74, 6) is 5.03. The Morgan fingerprint density at radius 2 is 1.79 bits per heavy atom. The number of benzene rings is 2. The van der Waals surface area contributed by atoms with E-state index in [0.717, 1.165) is 0 Å².